The van der Waals surface area contributed by atoms with Gasteiger partial charge in [-0.3, -0.25) is 0 Å². The maximum atomic E-state index is 10.5. The van der Waals surface area contributed by atoms with Gasteiger partial charge in [-0.1, -0.05) is 6.07 Å². The average Bonchev–Trinajstić information content (AvgIpc) is 2.80. The van der Waals surface area contributed by atoms with E-state index in [-0.39, 0.29) is 11.5 Å². The van der Waals surface area contributed by atoms with Crippen LogP contribution in [0.4, 0.5) is 0 Å². The summed E-state index contributed by atoms with van der Waals surface area (Å²) >= 11 is 1.77. The van der Waals surface area contributed by atoms with Gasteiger partial charge in [-0.25, -0.2) is 0 Å². The van der Waals surface area contributed by atoms with E-state index in [4.69, 9.17) is 4.74 Å². The van der Waals surface area contributed by atoms with Crippen LogP contribution in [0.25, 0.3) is 0 Å². The van der Waals surface area contributed by atoms with Gasteiger partial charge in [-0.15, -0.1) is 11.3 Å². The third-order valence-corrected chi connectivity index (χ3v) is 4.89. The van der Waals surface area contributed by atoms with Crippen molar-refractivity contribution < 1.29 is 9.84 Å². The summed E-state index contributed by atoms with van der Waals surface area (Å²) in [6.07, 6.45) is -0.423. The number of aliphatic hydroxyl groups is 1. The van der Waals surface area contributed by atoms with Crippen LogP contribution >= 0.6 is 11.3 Å². The Morgan fingerprint density at radius 1 is 1.32 bits per heavy atom. The van der Waals surface area contributed by atoms with Crippen LogP contribution in [0.2, 0.25) is 0 Å². The molecule has 0 amide bonds. The molecule has 19 heavy (non-hydrogen) atoms. The maximum absolute atomic E-state index is 10.5. The van der Waals surface area contributed by atoms with Crippen LogP contribution in [0.1, 0.15) is 32.6 Å². The fourth-order valence-corrected chi connectivity index (χ4v) is 3.85. The highest BCUT2D eigenvalue weighted by Crippen LogP contribution is 2.42. The molecule has 0 bridgehead atoms. The van der Waals surface area contributed by atoms with Crippen LogP contribution in [0, 0.1) is 5.92 Å². The largest absolute Gasteiger partial charge is 0.390 e. The number of aliphatic hydroxyl groups excluding tert-OH is 1. The molecule has 1 aliphatic rings. The van der Waals surface area contributed by atoms with Gasteiger partial charge in [0.15, 0.2) is 0 Å². The summed E-state index contributed by atoms with van der Waals surface area (Å²) in [5.74, 6) is 0.132. The molecular formula is C15H25NO2S. The van der Waals surface area contributed by atoms with E-state index in [1.807, 2.05) is 13.8 Å². The van der Waals surface area contributed by atoms with Crippen molar-refractivity contribution in [2.24, 2.45) is 5.92 Å². The molecule has 1 aromatic heterocycles. The first kappa shape index (κ1) is 15.0. The molecule has 4 heteroatoms. The Hall–Kier alpha value is -0.420. The topological polar surface area (TPSA) is 32.7 Å². The standard InChI is InChI=1S/C15H25NO2S/c1-14(2)12(13(17)15(3,4)18-14)10-16(5)9-11-7-6-8-19-11/h6-8,12-13,17H,9-10H2,1-5H3. The van der Waals surface area contributed by atoms with Gasteiger partial charge in [0.2, 0.25) is 0 Å². The van der Waals surface area contributed by atoms with E-state index in [0.29, 0.717) is 0 Å². The van der Waals surface area contributed by atoms with E-state index in [1.54, 1.807) is 11.3 Å². The lowest BCUT2D eigenvalue weighted by molar-refractivity contribution is -0.0912. The zero-order valence-electron chi connectivity index (χ0n) is 12.5. The SMILES string of the molecule is CN(Cc1cccs1)CC1C(O)C(C)(C)OC1(C)C. The molecule has 0 saturated carbocycles. The molecule has 1 aromatic rings. The Balaban J connectivity index is 2.01. The van der Waals surface area contributed by atoms with E-state index < -0.39 is 11.7 Å². The molecule has 2 rings (SSSR count). The quantitative estimate of drug-likeness (QED) is 0.922. The molecule has 0 aromatic carbocycles. The first-order valence-electron chi connectivity index (χ1n) is 6.81. The van der Waals surface area contributed by atoms with Crippen molar-refractivity contribution >= 4 is 11.3 Å². The molecule has 2 unspecified atom stereocenters. The smallest absolute Gasteiger partial charge is 0.0896 e. The third-order valence-electron chi connectivity index (χ3n) is 4.03. The van der Waals surface area contributed by atoms with Crippen molar-refractivity contribution in [2.45, 2.75) is 51.5 Å². The number of rotatable bonds is 4. The maximum Gasteiger partial charge on any atom is 0.0896 e. The normalized spacial score (nSPS) is 29.0. The van der Waals surface area contributed by atoms with E-state index in [0.717, 1.165) is 13.1 Å². The van der Waals surface area contributed by atoms with Gasteiger partial charge in [0, 0.05) is 23.9 Å². The highest BCUT2D eigenvalue weighted by molar-refractivity contribution is 7.09. The number of ether oxygens (including phenoxy) is 1. The van der Waals surface area contributed by atoms with Crippen LogP contribution < -0.4 is 0 Å². The van der Waals surface area contributed by atoms with Crippen LogP contribution in [-0.4, -0.2) is 40.9 Å². The lowest BCUT2D eigenvalue weighted by atomic mass is 9.84. The molecule has 108 valence electrons. The molecule has 1 fully saturated rings. The van der Waals surface area contributed by atoms with Crippen LogP contribution in [-0.2, 0) is 11.3 Å². The summed E-state index contributed by atoms with van der Waals surface area (Å²) in [6.45, 7) is 9.87. The van der Waals surface area contributed by atoms with Crippen molar-refractivity contribution in [2.75, 3.05) is 13.6 Å². The first-order chi connectivity index (χ1) is 8.72. The lowest BCUT2D eigenvalue weighted by Gasteiger charge is -2.30. The van der Waals surface area contributed by atoms with Gasteiger partial charge in [0.1, 0.15) is 0 Å². The third kappa shape index (κ3) is 3.19. The van der Waals surface area contributed by atoms with Crippen molar-refractivity contribution in [3.8, 4) is 0 Å². The lowest BCUT2D eigenvalue weighted by Crippen LogP contribution is -2.42. The Morgan fingerprint density at radius 2 is 2.00 bits per heavy atom. The van der Waals surface area contributed by atoms with E-state index in [1.165, 1.54) is 4.88 Å². The van der Waals surface area contributed by atoms with Gasteiger partial charge in [-0.2, -0.15) is 0 Å². The number of hydrogen-bond donors (Lipinski definition) is 1. The number of thiophene rings is 1. The second kappa shape index (κ2) is 5.17. The molecule has 2 atom stereocenters. The average molecular weight is 283 g/mol. The molecular weight excluding hydrogens is 258 g/mol. The van der Waals surface area contributed by atoms with Gasteiger partial charge >= 0.3 is 0 Å². The molecule has 3 nitrogen and oxygen atoms in total. The number of hydrogen-bond acceptors (Lipinski definition) is 4. The molecule has 1 saturated heterocycles. The van der Waals surface area contributed by atoms with Gasteiger partial charge in [0.25, 0.3) is 0 Å². The molecule has 2 heterocycles. The highest BCUT2D eigenvalue weighted by atomic mass is 32.1. The van der Waals surface area contributed by atoms with E-state index >= 15 is 0 Å². The summed E-state index contributed by atoms with van der Waals surface area (Å²) in [6, 6.07) is 4.23. The monoisotopic (exact) mass is 283 g/mol. The Morgan fingerprint density at radius 3 is 2.47 bits per heavy atom. The second-order valence-electron chi connectivity index (χ2n) is 6.64. The second-order valence-corrected chi connectivity index (χ2v) is 7.67. The number of nitrogens with zero attached hydrogens (tertiary/aromatic N) is 1. The highest BCUT2D eigenvalue weighted by Gasteiger charge is 2.53. The van der Waals surface area contributed by atoms with Crippen molar-refractivity contribution in [3.63, 3.8) is 0 Å². The van der Waals surface area contributed by atoms with Crippen LogP contribution in [0.15, 0.2) is 17.5 Å². The minimum Gasteiger partial charge on any atom is -0.390 e. The summed E-state index contributed by atoms with van der Waals surface area (Å²) in [5, 5.41) is 12.6. The van der Waals surface area contributed by atoms with Gasteiger partial charge in [-0.05, 0) is 46.2 Å². The van der Waals surface area contributed by atoms with Gasteiger partial charge in [0.05, 0.1) is 17.3 Å². The van der Waals surface area contributed by atoms with Gasteiger partial charge < -0.3 is 14.7 Å². The molecule has 0 spiro atoms. The molecule has 0 radical (unpaired) electrons. The summed E-state index contributed by atoms with van der Waals surface area (Å²) in [4.78, 5) is 3.62. The Labute approximate surface area is 120 Å². The van der Waals surface area contributed by atoms with Crippen molar-refractivity contribution in [3.05, 3.63) is 22.4 Å². The van der Waals surface area contributed by atoms with E-state index in [9.17, 15) is 5.11 Å². The van der Waals surface area contributed by atoms with Crippen molar-refractivity contribution in [1.29, 1.82) is 0 Å². The fourth-order valence-electron chi connectivity index (χ4n) is 3.07. The zero-order chi connectivity index (χ0) is 14.3. The van der Waals surface area contributed by atoms with Crippen molar-refractivity contribution in [1.82, 2.24) is 4.90 Å². The minimum atomic E-state index is -0.460. The summed E-state index contributed by atoms with van der Waals surface area (Å²) in [5.41, 5.74) is -0.745. The molecule has 1 N–H and O–H groups in total. The predicted octanol–water partition coefficient (Wildman–Crippen LogP) is 2.74. The zero-order valence-corrected chi connectivity index (χ0v) is 13.3. The summed E-state index contributed by atoms with van der Waals surface area (Å²) in [7, 11) is 2.10. The van der Waals surface area contributed by atoms with Crippen LogP contribution in [0.3, 0.4) is 0 Å². The van der Waals surface area contributed by atoms with E-state index in [2.05, 4.69) is 43.3 Å². The predicted molar refractivity (Wildman–Crippen MR) is 79.4 cm³/mol. The fraction of sp³-hybridized carbons (Fsp3) is 0.733. The minimum absolute atomic E-state index is 0.132. The Bertz CT molecular complexity index is 414. The molecule has 1 aliphatic heterocycles. The molecule has 0 aliphatic carbocycles. The Kier molecular flexibility index (Phi) is 4.07. The summed E-state index contributed by atoms with van der Waals surface area (Å²) < 4.78 is 6.02. The van der Waals surface area contributed by atoms with Crippen LogP contribution in [0.5, 0.6) is 0 Å². The first-order valence-corrected chi connectivity index (χ1v) is 7.69.